The molecule has 2 N–H and O–H groups in total. The van der Waals surface area contributed by atoms with E-state index in [1.54, 1.807) is 7.05 Å². The zero-order valence-corrected chi connectivity index (χ0v) is 21.6. The van der Waals surface area contributed by atoms with E-state index in [9.17, 15) is 0 Å². The van der Waals surface area contributed by atoms with Crippen LogP contribution in [0.4, 0.5) is 0 Å². The summed E-state index contributed by atoms with van der Waals surface area (Å²) in [6.07, 6.45) is 0. The number of likely N-dealkylation sites (N-methyl/N-ethyl adjacent to an activating group) is 1. The number of hydrogen-bond donors (Lipinski definition) is 2. The summed E-state index contributed by atoms with van der Waals surface area (Å²) < 4.78 is 1.86. The number of benzene rings is 1. The van der Waals surface area contributed by atoms with Crippen LogP contribution in [-0.4, -0.2) is 60.6 Å². The van der Waals surface area contributed by atoms with E-state index in [0.29, 0.717) is 23.3 Å². The number of aromatic nitrogens is 1. The van der Waals surface area contributed by atoms with Crippen molar-refractivity contribution in [3.05, 3.63) is 57.3 Å². The molecular formula is C21H31Cl2IN6. The number of halogens is 3. The third-order valence-electron chi connectivity index (χ3n) is 5.36. The first-order chi connectivity index (χ1) is 14.0. The molecule has 6 nitrogen and oxygen atoms in total. The largest absolute Gasteiger partial charge is 0.352 e. The lowest BCUT2D eigenvalue weighted by molar-refractivity contribution is 0.148. The summed E-state index contributed by atoms with van der Waals surface area (Å²) in [6.45, 7) is 6.89. The first-order valence-corrected chi connectivity index (χ1v) is 10.6. The molecule has 0 atom stereocenters. The van der Waals surface area contributed by atoms with Crippen molar-refractivity contribution in [2.45, 2.75) is 19.6 Å². The first-order valence-electron chi connectivity index (χ1n) is 9.89. The van der Waals surface area contributed by atoms with Crippen LogP contribution >= 0.6 is 47.2 Å². The van der Waals surface area contributed by atoms with Crippen LogP contribution in [0.5, 0.6) is 0 Å². The molecule has 1 aliphatic rings. The van der Waals surface area contributed by atoms with Gasteiger partial charge in [0.2, 0.25) is 0 Å². The maximum atomic E-state index is 6.12. The van der Waals surface area contributed by atoms with Crippen LogP contribution in [-0.2, 0) is 26.7 Å². The Balaban J connectivity index is 0.00000320. The molecule has 0 radical (unpaired) electrons. The number of rotatable bonds is 6. The quantitative estimate of drug-likeness (QED) is 0.320. The van der Waals surface area contributed by atoms with Crippen LogP contribution in [0.15, 0.2) is 35.3 Å². The van der Waals surface area contributed by atoms with E-state index in [1.807, 2.05) is 17.7 Å². The van der Waals surface area contributed by atoms with Gasteiger partial charge in [0.15, 0.2) is 5.96 Å². The van der Waals surface area contributed by atoms with Crippen molar-refractivity contribution >= 4 is 53.1 Å². The van der Waals surface area contributed by atoms with Crippen LogP contribution in [0.2, 0.25) is 10.2 Å². The monoisotopic (exact) mass is 564 g/mol. The predicted molar refractivity (Wildman–Crippen MR) is 137 cm³/mol. The number of hydrogen-bond acceptors (Lipinski definition) is 3. The summed E-state index contributed by atoms with van der Waals surface area (Å²) in [6, 6.07) is 10.7. The second-order valence-corrected chi connectivity index (χ2v) is 8.27. The minimum atomic E-state index is 0. The van der Waals surface area contributed by atoms with Gasteiger partial charge < -0.3 is 20.1 Å². The van der Waals surface area contributed by atoms with E-state index in [2.05, 4.69) is 56.7 Å². The van der Waals surface area contributed by atoms with Crippen molar-refractivity contribution in [2.75, 3.05) is 40.3 Å². The molecule has 2 aromatic rings. The molecule has 0 spiro atoms. The Labute approximate surface area is 206 Å². The van der Waals surface area contributed by atoms with Crippen molar-refractivity contribution in [3.8, 4) is 0 Å². The van der Waals surface area contributed by atoms with E-state index in [4.69, 9.17) is 23.2 Å². The maximum Gasteiger partial charge on any atom is 0.191 e. The third kappa shape index (κ3) is 7.02. The number of aliphatic imine (C=N–C) groups is 1. The fourth-order valence-corrected chi connectivity index (χ4v) is 3.78. The number of nitrogens with one attached hydrogen (secondary N) is 2. The van der Waals surface area contributed by atoms with Crippen LogP contribution in [0.3, 0.4) is 0 Å². The molecule has 1 saturated heterocycles. The van der Waals surface area contributed by atoms with Gasteiger partial charge in [0.25, 0.3) is 0 Å². The van der Waals surface area contributed by atoms with E-state index in [-0.39, 0.29) is 24.0 Å². The van der Waals surface area contributed by atoms with Gasteiger partial charge in [0, 0.05) is 59.1 Å². The van der Waals surface area contributed by atoms with Crippen LogP contribution in [0, 0.1) is 0 Å². The van der Waals surface area contributed by atoms with Gasteiger partial charge in [0.1, 0.15) is 5.15 Å². The summed E-state index contributed by atoms with van der Waals surface area (Å²) in [5.74, 6) is 0.736. The third-order valence-corrected chi connectivity index (χ3v) is 6.20. The van der Waals surface area contributed by atoms with E-state index < -0.39 is 0 Å². The normalized spacial score (nSPS) is 15.7. The highest BCUT2D eigenvalue weighted by molar-refractivity contribution is 14.0. The minimum absolute atomic E-state index is 0. The molecule has 1 aliphatic heterocycles. The highest BCUT2D eigenvalue weighted by Crippen LogP contribution is 2.24. The molecule has 0 unspecified atom stereocenters. The summed E-state index contributed by atoms with van der Waals surface area (Å²) in [7, 11) is 5.84. The van der Waals surface area contributed by atoms with Crippen molar-refractivity contribution < 1.29 is 0 Å². The Kier molecular flexibility index (Phi) is 10.2. The number of nitrogens with zero attached hydrogens (tertiary/aromatic N) is 4. The summed E-state index contributed by atoms with van der Waals surface area (Å²) in [5, 5.41) is 7.75. The molecule has 0 amide bonds. The van der Waals surface area contributed by atoms with Gasteiger partial charge in [-0.25, -0.2) is 0 Å². The molecule has 1 aromatic carbocycles. The molecular weight excluding hydrogens is 534 g/mol. The lowest BCUT2D eigenvalue weighted by atomic mass is 10.1. The molecule has 30 heavy (non-hydrogen) atoms. The standard InChI is InChI=1S/C21H30Cl2N6.HI/c1-24-21(26-14-18-12-19(22)20(23)28(18)3)25-13-16-4-6-17(7-5-16)15-29-10-8-27(2)9-11-29;/h4-7,12H,8-11,13-15H2,1-3H3,(H2,24,25,26);1H. The van der Waals surface area contributed by atoms with E-state index >= 15 is 0 Å². The van der Waals surface area contributed by atoms with Gasteiger partial charge in [-0.2, -0.15) is 0 Å². The average Bonchev–Trinajstić information content (AvgIpc) is 2.97. The van der Waals surface area contributed by atoms with E-state index in [1.165, 1.54) is 11.1 Å². The van der Waals surface area contributed by atoms with Gasteiger partial charge in [-0.3, -0.25) is 9.89 Å². The summed E-state index contributed by atoms with van der Waals surface area (Å²) in [5.41, 5.74) is 3.58. The van der Waals surface area contributed by atoms with E-state index in [0.717, 1.165) is 44.4 Å². The highest BCUT2D eigenvalue weighted by Gasteiger charge is 2.13. The van der Waals surface area contributed by atoms with Gasteiger partial charge in [-0.1, -0.05) is 47.5 Å². The molecule has 2 heterocycles. The lowest BCUT2D eigenvalue weighted by Crippen LogP contribution is -2.43. The first kappa shape index (κ1) is 25.3. The summed E-state index contributed by atoms with van der Waals surface area (Å²) in [4.78, 5) is 9.18. The Morgan fingerprint density at radius 1 is 0.967 bits per heavy atom. The van der Waals surface area contributed by atoms with Crippen molar-refractivity contribution in [3.63, 3.8) is 0 Å². The fourth-order valence-electron chi connectivity index (χ4n) is 3.37. The Morgan fingerprint density at radius 3 is 2.13 bits per heavy atom. The van der Waals surface area contributed by atoms with Crippen LogP contribution < -0.4 is 10.6 Å². The molecule has 0 aliphatic carbocycles. The predicted octanol–water partition coefficient (Wildman–Crippen LogP) is 3.56. The second-order valence-electron chi connectivity index (χ2n) is 7.51. The lowest BCUT2D eigenvalue weighted by Gasteiger charge is -2.32. The fraction of sp³-hybridized carbons (Fsp3) is 0.476. The van der Waals surface area contributed by atoms with Crippen molar-refractivity contribution in [2.24, 2.45) is 12.0 Å². The van der Waals surface area contributed by atoms with Crippen LogP contribution in [0.25, 0.3) is 0 Å². The van der Waals surface area contributed by atoms with Gasteiger partial charge in [0.05, 0.1) is 11.6 Å². The zero-order chi connectivity index (χ0) is 20.8. The average molecular weight is 565 g/mol. The Bertz CT molecular complexity index is 829. The molecule has 1 fully saturated rings. The SMILES string of the molecule is CN=C(NCc1ccc(CN2CCN(C)CC2)cc1)NCc1cc(Cl)c(Cl)n1C.I. The van der Waals surface area contributed by atoms with Gasteiger partial charge >= 0.3 is 0 Å². The maximum absolute atomic E-state index is 6.12. The topological polar surface area (TPSA) is 47.8 Å². The molecule has 0 bridgehead atoms. The van der Waals surface area contributed by atoms with Crippen molar-refractivity contribution in [1.29, 1.82) is 0 Å². The molecule has 3 rings (SSSR count). The number of guanidine groups is 1. The molecule has 1 aromatic heterocycles. The molecule has 166 valence electrons. The molecule has 9 heteroatoms. The second kappa shape index (κ2) is 12.1. The van der Waals surface area contributed by atoms with Gasteiger partial charge in [-0.15, -0.1) is 24.0 Å². The summed E-state index contributed by atoms with van der Waals surface area (Å²) >= 11 is 12.2. The van der Waals surface area contributed by atoms with Crippen molar-refractivity contribution in [1.82, 2.24) is 25.0 Å². The Hall–Kier alpha value is -1.000. The number of piperazine rings is 1. The van der Waals surface area contributed by atoms with Gasteiger partial charge in [-0.05, 0) is 24.2 Å². The zero-order valence-electron chi connectivity index (χ0n) is 17.8. The Morgan fingerprint density at radius 2 is 1.57 bits per heavy atom. The smallest absolute Gasteiger partial charge is 0.191 e. The minimum Gasteiger partial charge on any atom is -0.352 e. The highest BCUT2D eigenvalue weighted by atomic mass is 127. The molecule has 0 saturated carbocycles. The van der Waals surface area contributed by atoms with Crippen LogP contribution in [0.1, 0.15) is 16.8 Å².